The molecule has 0 amide bonds. The van der Waals surface area contributed by atoms with Gasteiger partial charge in [-0.05, 0) is 18.6 Å². The molecule has 1 aliphatic rings. The lowest BCUT2D eigenvalue weighted by Gasteiger charge is -2.20. The van der Waals surface area contributed by atoms with Crippen molar-refractivity contribution in [3.8, 4) is 11.5 Å². The van der Waals surface area contributed by atoms with E-state index in [9.17, 15) is 0 Å². The maximum Gasteiger partial charge on any atom is 0.164 e. The van der Waals surface area contributed by atoms with Crippen LogP contribution in [-0.2, 0) is 6.42 Å². The Morgan fingerprint density at radius 3 is 2.75 bits per heavy atom. The number of fused-ring (bicyclic) bond motifs is 1. The molecule has 0 radical (unpaired) electrons. The van der Waals surface area contributed by atoms with E-state index in [1.54, 1.807) is 14.2 Å². The quantitative estimate of drug-likeness (QED) is 0.758. The number of ether oxygens (including phenoxy) is 2. The minimum Gasteiger partial charge on any atom is -0.493 e. The maximum atomic E-state index is 5.87. The normalized spacial score (nSPS) is 14.1. The van der Waals surface area contributed by atoms with Crippen molar-refractivity contribution >= 4 is 17.3 Å². The molecule has 0 bridgehead atoms. The number of hydrogen-bond donors (Lipinski definition) is 0. The minimum absolute atomic E-state index is 0.433. The summed E-state index contributed by atoms with van der Waals surface area (Å²) in [6.07, 6.45) is 0.871. The molecule has 1 aromatic rings. The summed E-state index contributed by atoms with van der Waals surface area (Å²) < 4.78 is 10.7. The zero-order valence-electron chi connectivity index (χ0n) is 9.42. The number of alkyl halides is 1. The van der Waals surface area contributed by atoms with Gasteiger partial charge in [0.15, 0.2) is 11.5 Å². The van der Waals surface area contributed by atoms with Crippen LogP contribution in [0.25, 0.3) is 0 Å². The zero-order valence-corrected chi connectivity index (χ0v) is 10.2. The first kappa shape index (κ1) is 11.3. The second-order valence-corrected chi connectivity index (χ2v) is 3.81. The van der Waals surface area contributed by atoms with Crippen LogP contribution in [0, 0.1) is 0 Å². The monoisotopic (exact) mass is 239 g/mol. The molecule has 1 heterocycles. The molecule has 86 valence electrons. The zero-order chi connectivity index (χ0) is 11.5. The van der Waals surface area contributed by atoms with E-state index in [0.29, 0.717) is 5.88 Å². The summed E-state index contributed by atoms with van der Waals surface area (Å²) in [4.78, 5) is 4.41. The van der Waals surface area contributed by atoms with Crippen molar-refractivity contribution in [2.75, 3.05) is 26.6 Å². The molecule has 0 atom stereocenters. The van der Waals surface area contributed by atoms with E-state index in [-0.39, 0.29) is 0 Å². The summed E-state index contributed by atoms with van der Waals surface area (Å²) in [5.41, 5.74) is 3.16. The van der Waals surface area contributed by atoms with Crippen LogP contribution in [0.3, 0.4) is 0 Å². The van der Waals surface area contributed by atoms with Gasteiger partial charge in [0.2, 0.25) is 0 Å². The predicted molar refractivity (Wildman–Crippen MR) is 65.4 cm³/mol. The average molecular weight is 240 g/mol. The molecule has 1 aromatic carbocycles. The largest absolute Gasteiger partial charge is 0.493 e. The third-order valence-corrected chi connectivity index (χ3v) is 3.00. The lowest BCUT2D eigenvalue weighted by molar-refractivity contribution is 0.351. The molecule has 0 spiro atoms. The standard InChI is InChI=1S/C12H14ClNO2/c1-15-11-4-3-8-9(12(11)16-2)5-6-14-10(8)7-13/h3-4H,5-7H2,1-2H3. The summed E-state index contributed by atoms with van der Waals surface area (Å²) in [7, 11) is 3.30. The molecular formula is C12H14ClNO2. The number of rotatable bonds is 3. The highest BCUT2D eigenvalue weighted by molar-refractivity contribution is 6.32. The van der Waals surface area contributed by atoms with Crippen molar-refractivity contribution in [3.63, 3.8) is 0 Å². The Balaban J connectivity index is 2.57. The Bertz CT molecular complexity index is 429. The van der Waals surface area contributed by atoms with Crippen molar-refractivity contribution in [1.82, 2.24) is 0 Å². The summed E-state index contributed by atoms with van der Waals surface area (Å²) in [5.74, 6) is 2.00. The molecule has 0 N–H and O–H groups in total. The Hall–Kier alpha value is -1.22. The molecule has 0 fully saturated rings. The van der Waals surface area contributed by atoms with Gasteiger partial charge in [-0.3, -0.25) is 4.99 Å². The number of halogens is 1. The molecule has 0 unspecified atom stereocenters. The molecule has 0 aromatic heterocycles. The Kier molecular flexibility index (Phi) is 3.34. The molecule has 1 aliphatic heterocycles. The number of aliphatic imine (C=N–C) groups is 1. The van der Waals surface area contributed by atoms with Crippen LogP contribution in [0.2, 0.25) is 0 Å². The van der Waals surface area contributed by atoms with E-state index in [0.717, 1.165) is 41.3 Å². The molecule has 3 nitrogen and oxygen atoms in total. The van der Waals surface area contributed by atoms with E-state index in [2.05, 4.69) is 4.99 Å². The second kappa shape index (κ2) is 4.74. The van der Waals surface area contributed by atoms with Gasteiger partial charge in [0.05, 0.1) is 25.8 Å². The number of benzene rings is 1. The fourth-order valence-corrected chi connectivity index (χ4v) is 2.24. The predicted octanol–water partition coefficient (Wildman–Crippen LogP) is 2.29. The van der Waals surface area contributed by atoms with Gasteiger partial charge in [0, 0.05) is 17.7 Å². The SMILES string of the molecule is COc1ccc2c(c1OC)CCN=C2CCl. The summed E-state index contributed by atoms with van der Waals surface area (Å²) in [5, 5.41) is 0. The fraction of sp³-hybridized carbons (Fsp3) is 0.417. The summed E-state index contributed by atoms with van der Waals surface area (Å²) in [6.45, 7) is 0.762. The van der Waals surface area contributed by atoms with Crippen LogP contribution in [0.5, 0.6) is 11.5 Å². The third-order valence-electron chi connectivity index (χ3n) is 2.75. The van der Waals surface area contributed by atoms with E-state index in [4.69, 9.17) is 21.1 Å². The fourth-order valence-electron chi connectivity index (χ4n) is 2.01. The van der Waals surface area contributed by atoms with Crippen molar-refractivity contribution in [1.29, 1.82) is 0 Å². The summed E-state index contributed by atoms with van der Waals surface area (Å²) >= 11 is 5.87. The van der Waals surface area contributed by atoms with Crippen LogP contribution in [0.4, 0.5) is 0 Å². The molecular weight excluding hydrogens is 226 g/mol. The highest BCUT2D eigenvalue weighted by Gasteiger charge is 2.20. The molecule has 16 heavy (non-hydrogen) atoms. The minimum atomic E-state index is 0.433. The average Bonchev–Trinajstić information content (AvgIpc) is 2.36. The molecule has 0 saturated carbocycles. The van der Waals surface area contributed by atoms with Crippen LogP contribution in [-0.4, -0.2) is 32.4 Å². The van der Waals surface area contributed by atoms with Gasteiger partial charge in [0.1, 0.15) is 0 Å². The van der Waals surface area contributed by atoms with E-state index in [1.165, 1.54) is 0 Å². The van der Waals surface area contributed by atoms with Gasteiger partial charge < -0.3 is 9.47 Å². The molecule has 0 aliphatic carbocycles. The van der Waals surface area contributed by atoms with Gasteiger partial charge in [0.25, 0.3) is 0 Å². The van der Waals surface area contributed by atoms with E-state index in [1.807, 2.05) is 12.1 Å². The lowest BCUT2D eigenvalue weighted by atomic mass is 9.97. The molecule has 0 saturated heterocycles. The number of hydrogen-bond acceptors (Lipinski definition) is 3. The van der Waals surface area contributed by atoms with Gasteiger partial charge in [-0.2, -0.15) is 0 Å². The van der Waals surface area contributed by atoms with Crippen molar-refractivity contribution in [3.05, 3.63) is 23.3 Å². The summed E-state index contributed by atoms with van der Waals surface area (Å²) in [6, 6.07) is 3.89. The van der Waals surface area contributed by atoms with Crippen LogP contribution >= 0.6 is 11.6 Å². The first-order valence-corrected chi connectivity index (χ1v) is 5.68. The van der Waals surface area contributed by atoms with Gasteiger partial charge >= 0.3 is 0 Å². The third kappa shape index (κ3) is 1.76. The van der Waals surface area contributed by atoms with E-state index >= 15 is 0 Å². The maximum absolute atomic E-state index is 5.87. The first-order chi connectivity index (χ1) is 7.81. The smallest absolute Gasteiger partial charge is 0.164 e. The highest BCUT2D eigenvalue weighted by Crippen LogP contribution is 2.35. The van der Waals surface area contributed by atoms with Crippen LogP contribution in [0.1, 0.15) is 11.1 Å². The van der Waals surface area contributed by atoms with Crippen molar-refractivity contribution in [2.24, 2.45) is 4.99 Å². The number of nitrogens with zero attached hydrogens (tertiary/aromatic N) is 1. The van der Waals surface area contributed by atoms with E-state index < -0.39 is 0 Å². The molecule has 2 rings (SSSR count). The van der Waals surface area contributed by atoms with Crippen molar-refractivity contribution < 1.29 is 9.47 Å². The van der Waals surface area contributed by atoms with Crippen LogP contribution < -0.4 is 9.47 Å². The van der Waals surface area contributed by atoms with Gasteiger partial charge in [-0.15, -0.1) is 11.6 Å². The Morgan fingerprint density at radius 1 is 1.31 bits per heavy atom. The van der Waals surface area contributed by atoms with Crippen molar-refractivity contribution in [2.45, 2.75) is 6.42 Å². The Labute approximate surface area is 100 Å². The van der Waals surface area contributed by atoms with Crippen LogP contribution in [0.15, 0.2) is 17.1 Å². The molecule has 4 heteroatoms. The lowest BCUT2D eigenvalue weighted by Crippen LogP contribution is -2.15. The highest BCUT2D eigenvalue weighted by atomic mass is 35.5. The number of methoxy groups -OCH3 is 2. The van der Waals surface area contributed by atoms with Gasteiger partial charge in [-0.1, -0.05) is 0 Å². The Morgan fingerprint density at radius 2 is 2.12 bits per heavy atom. The second-order valence-electron chi connectivity index (χ2n) is 3.54. The topological polar surface area (TPSA) is 30.8 Å². The first-order valence-electron chi connectivity index (χ1n) is 5.15. The van der Waals surface area contributed by atoms with Gasteiger partial charge in [-0.25, -0.2) is 0 Å².